The van der Waals surface area contributed by atoms with Crippen molar-refractivity contribution in [3.63, 3.8) is 0 Å². The summed E-state index contributed by atoms with van der Waals surface area (Å²) in [7, 11) is 3.12. The van der Waals surface area contributed by atoms with Crippen LogP contribution in [0, 0.1) is 0 Å². The number of benzene rings is 2. The van der Waals surface area contributed by atoms with E-state index in [4.69, 9.17) is 9.47 Å². The maximum Gasteiger partial charge on any atom is 0.316 e. The molecule has 0 radical (unpaired) electrons. The van der Waals surface area contributed by atoms with E-state index in [1.807, 2.05) is 42.5 Å². The molecule has 158 valence electrons. The third-order valence-electron chi connectivity index (χ3n) is 4.49. The molecule has 1 N–H and O–H groups in total. The highest BCUT2D eigenvalue weighted by Crippen LogP contribution is 2.30. The maximum atomic E-state index is 13.3. The standard InChI is InChI=1S/C22H21N5O3S/c1-29-18-11-10-17(14-19(18)30-2)23-20-21(28)27(26-12-6-7-13-26)22(25-24-20)31-15-16-8-4-3-5-9-16/h3-14H,15H2,1-2H3,(H,23,24). The Morgan fingerprint density at radius 3 is 2.39 bits per heavy atom. The Hall–Kier alpha value is -3.72. The molecule has 2 heterocycles. The van der Waals surface area contributed by atoms with Gasteiger partial charge in [-0.05, 0) is 29.8 Å². The van der Waals surface area contributed by atoms with Crippen LogP contribution in [0.3, 0.4) is 0 Å². The van der Waals surface area contributed by atoms with Gasteiger partial charge in [-0.25, -0.2) is 0 Å². The number of nitrogens with one attached hydrogen (secondary N) is 1. The zero-order valence-electron chi connectivity index (χ0n) is 17.1. The van der Waals surface area contributed by atoms with E-state index in [-0.39, 0.29) is 11.4 Å². The number of hydrogen-bond donors (Lipinski definition) is 1. The fourth-order valence-corrected chi connectivity index (χ4v) is 3.86. The molecule has 8 nitrogen and oxygen atoms in total. The largest absolute Gasteiger partial charge is 0.493 e. The summed E-state index contributed by atoms with van der Waals surface area (Å²) >= 11 is 1.44. The van der Waals surface area contributed by atoms with Crippen LogP contribution in [-0.4, -0.2) is 33.8 Å². The number of methoxy groups -OCH3 is 2. The van der Waals surface area contributed by atoms with Gasteiger partial charge >= 0.3 is 5.56 Å². The Labute approximate surface area is 183 Å². The fraction of sp³-hybridized carbons (Fsp3) is 0.136. The normalized spacial score (nSPS) is 10.6. The van der Waals surface area contributed by atoms with E-state index in [2.05, 4.69) is 15.5 Å². The van der Waals surface area contributed by atoms with Gasteiger partial charge in [-0.2, -0.15) is 4.68 Å². The number of ether oxygens (including phenoxy) is 2. The Bertz CT molecular complexity index is 1210. The Morgan fingerprint density at radius 1 is 0.935 bits per heavy atom. The van der Waals surface area contributed by atoms with Gasteiger partial charge < -0.3 is 14.8 Å². The highest BCUT2D eigenvalue weighted by Gasteiger charge is 2.15. The van der Waals surface area contributed by atoms with Crippen molar-refractivity contribution in [2.45, 2.75) is 10.9 Å². The fourth-order valence-electron chi connectivity index (χ4n) is 2.97. The average Bonchev–Trinajstić information content (AvgIpc) is 3.34. The molecule has 0 unspecified atom stereocenters. The summed E-state index contributed by atoms with van der Waals surface area (Å²) in [6, 6.07) is 19.0. The van der Waals surface area contributed by atoms with E-state index in [0.717, 1.165) is 5.56 Å². The molecule has 9 heteroatoms. The summed E-state index contributed by atoms with van der Waals surface area (Å²) in [4.78, 5) is 13.3. The van der Waals surface area contributed by atoms with Crippen LogP contribution in [-0.2, 0) is 5.75 Å². The second-order valence-corrected chi connectivity index (χ2v) is 7.42. The molecule has 2 aromatic carbocycles. The first kappa shape index (κ1) is 20.5. The van der Waals surface area contributed by atoms with Crippen molar-refractivity contribution in [1.29, 1.82) is 0 Å². The van der Waals surface area contributed by atoms with Gasteiger partial charge in [0.25, 0.3) is 0 Å². The lowest BCUT2D eigenvalue weighted by atomic mass is 10.2. The molecule has 2 aromatic heterocycles. The molecule has 0 atom stereocenters. The molecule has 0 spiro atoms. The Morgan fingerprint density at radius 2 is 1.68 bits per heavy atom. The number of thioether (sulfide) groups is 1. The second-order valence-electron chi connectivity index (χ2n) is 6.48. The molecular formula is C22H21N5O3S. The van der Waals surface area contributed by atoms with Crippen LogP contribution in [0.25, 0.3) is 0 Å². The summed E-state index contributed by atoms with van der Waals surface area (Å²) in [5, 5.41) is 12.0. The molecule has 0 aliphatic rings. The Kier molecular flexibility index (Phi) is 6.23. The van der Waals surface area contributed by atoms with Gasteiger partial charge in [0, 0.05) is 29.9 Å². The van der Waals surface area contributed by atoms with Crippen molar-refractivity contribution >= 4 is 23.3 Å². The van der Waals surface area contributed by atoms with Gasteiger partial charge in [-0.15, -0.1) is 10.2 Å². The van der Waals surface area contributed by atoms with E-state index in [1.165, 1.54) is 16.4 Å². The number of hydrogen-bond acceptors (Lipinski definition) is 7. The number of nitrogens with zero attached hydrogens (tertiary/aromatic N) is 4. The lowest BCUT2D eigenvalue weighted by molar-refractivity contribution is 0.355. The predicted molar refractivity (Wildman–Crippen MR) is 120 cm³/mol. The molecule has 0 fully saturated rings. The van der Waals surface area contributed by atoms with Gasteiger partial charge in [0.2, 0.25) is 11.0 Å². The Balaban J connectivity index is 1.67. The summed E-state index contributed by atoms with van der Waals surface area (Å²) in [5.74, 6) is 1.90. The van der Waals surface area contributed by atoms with Crippen LogP contribution in [0.5, 0.6) is 11.5 Å². The van der Waals surface area contributed by atoms with Crippen LogP contribution >= 0.6 is 11.8 Å². The van der Waals surface area contributed by atoms with Crippen LogP contribution in [0.1, 0.15) is 5.56 Å². The zero-order valence-corrected chi connectivity index (χ0v) is 17.9. The van der Waals surface area contributed by atoms with E-state index in [0.29, 0.717) is 28.1 Å². The molecular weight excluding hydrogens is 414 g/mol. The lowest BCUT2D eigenvalue weighted by Crippen LogP contribution is -2.30. The summed E-state index contributed by atoms with van der Waals surface area (Å²) in [6.07, 6.45) is 3.58. The summed E-state index contributed by atoms with van der Waals surface area (Å²) < 4.78 is 13.8. The molecule has 4 aromatic rings. The molecule has 0 bridgehead atoms. The van der Waals surface area contributed by atoms with Crippen LogP contribution in [0.4, 0.5) is 11.5 Å². The minimum atomic E-state index is -0.323. The van der Waals surface area contributed by atoms with E-state index in [9.17, 15) is 4.79 Å². The van der Waals surface area contributed by atoms with Crippen LogP contribution in [0.15, 0.2) is 83.0 Å². The second kappa shape index (κ2) is 9.40. The summed E-state index contributed by atoms with van der Waals surface area (Å²) in [6.45, 7) is 0. The number of anilines is 2. The molecule has 0 aliphatic carbocycles. The summed E-state index contributed by atoms with van der Waals surface area (Å²) in [5.41, 5.74) is 1.44. The molecule has 0 aliphatic heterocycles. The van der Waals surface area contributed by atoms with E-state index in [1.54, 1.807) is 49.5 Å². The van der Waals surface area contributed by atoms with E-state index >= 15 is 0 Å². The first-order valence-electron chi connectivity index (χ1n) is 9.48. The van der Waals surface area contributed by atoms with Crippen molar-refractivity contribution in [3.05, 3.63) is 89.0 Å². The SMILES string of the molecule is COc1ccc(Nc2nnc(SCc3ccccc3)n(-n3cccc3)c2=O)cc1OC. The minimum Gasteiger partial charge on any atom is -0.493 e. The quantitative estimate of drug-likeness (QED) is 0.422. The minimum absolute atomic E-state index is 0.102. The van der Waals surface area contributed by atoms with Gasteiger partial charge in [-0.1, -0.05) is 42.1 Å². The lowest BCUT2D eigenvalue weighted by Gasteiger charge is -2.14. The third-order valence-corrected chi connectivity index (χ3v) is 5.48. The van der Waals surface area contributed by atoms with Crippen molar-refractivity contribution in [2.75, 3.05) is 19.5 Å². The van der Waals surface area contributed by atoms with Crippen LogP contribution in [0.2, 0.25) is 0 Å². The third kappa shape index (κ3) is 4.56. The number of rotatable bonds is 8. The molecule has 31 heavy (non-hydrogen) atoms. The maximum absolute atomic E-state index is 13.3. The van der Waals surface area contributed by atoms with Crippen LogP contribution < -0.4 is 20.3 Å². The van der Waals surface area contributed by atoms with Gasteiger partial charge in [0.15, 0.2) is 11.5 Å². The number of aromatic nitrogens is 4. The molecule has 0 saturated carbocycles. The average molecular weight is 436 g/mol. The van der Waals surface area contributed by atoms with Gasteiger partial charge in [-0.3, -0.25) is 9.47 Å². The smallest absolute Gasteiger partial charge is 0.316 e. The first-order chi connectivity index (χ1) is 15.2. The van der Waals surface area contributed by atoms with Gasteiger partial charge in [0.1, 0.15) is 0 Å². The van der Waals surface area contributed by atoms with Crippen molar-refractivity contribution in [3.8, 4) is 11.5 Å². The zero-order chi connectivity index (χ0) is 21.6. The van der Waals surface area contributed by atoms with Gasteiger partial charge in [0.05, 0.1) is 14.2 Å². The van der Waals surface area contributed by atoms with Crippen molar-refractivity contribution in [1.82, 2.24) is 19.5 Å². The van der Waals surface area contributed by atoms with Crippen molar-refractivity contribution in [2.24, 2.45) is 0 Å². The highest BCUT2D eigenvalue weighted by molar-refractivity contribution is 7.98. The first-order valence-corrected chi connectivity index (χ1v) is 10.5. The highest BCUT2D eigenvalue weighted by atomic mass is 32.2. The van der Waals surface area contributed by atoms with E-state index < -0.39 is 0 Å². The molecule has 0 saturated heterocycles. The predicted octanol–water partition coefficient (Wildman–Crippen LogP) is 3.80. The molecule has 4 rings (SSSR count). The molecule has 0 amide bonds. The topological polar surface area (TPSA) is 83.2 Å². The van der Waals surface area contributed by atoms with Crippen molar-refractivity contribution < 1.29 is 9.47 Å². The monoisotopic (exact) mass is 435 g/mol.